The van der Waals surface area contributed by atoms with E-state index in [2.05, 4.69) is 27.8 Å². The number of nitrogens with two attached hydrogens (primary N) is 1. The summed E-state index contributed by atoms with van der Waals surface area (Å²) in [5.74, 6) is 0.0304. The highest BCUT2D eigenvalue weighted by Crippen LogP contribution is 2.25. The number of nitrogens with zero attached hydrogens (tertiary/aromatic N) is 2. The number of hydrogen-bond donors (Lipinski definition) is 1. The first kappa shape index (κ1) is 16.0. The Labute approximate surface area is 123 Å². The molecule has 0 heterocycles. The van der Waals surface area contributed by atoms with Crippen LogP contribution in [0.3, 0.4) is 0 Å². The lowest BCUT2D eigenvalue weighted by Gasteiger charge is -2.24. The largest absolute Gasteiger partial charge is 0.398 e. The second-order valence-electron chi connectivity index (χ2n) is 4.80. The first-order valence-electron chi connectivity index (χ1n) is 6.45. The predicted octanol–water partition coefficient (Wildman–Crippen LogP) is 2.45. The Morgan fingerprint density at radius 1 is 1.26 bits per heavy atom. The van der Waals surface area contributed by atoms with Gasteiger partial charge < -0.3 is 15.5 Å². The zero-order chi connectivity index (χ0) is 14.4. The van der Waals surface area contributed by atoms with E-state index in [9.17, 15) is 4.79 Å². The van der Waals surface area contributed by atoms with E-state index in [0.717, 1.165) is 26.1 Å². The summed E-state index contributed by atoms with van der Waals surface area (Å²) in [6, 6.07) is 5.40. The van der Waals surface area contributed by atoms with Crippen LogP contribution in [0.4, 0.5) is 5.69 Å². The molecule has 0 unspecified atom stereocenters. The van der Waals surface area contributed by atoms with E-state index in [-0.39, 0.29) is 5.91 Å². The number of carbonyl (C=O) groups is 1. The van der Waals surface area contributed by atoms with Gasteiger partial charge >= 0.3 is 0 Å². The lowest BCUT2D eigenvalue weighted by atomic mass is 10.1. The van der Waals surface area contributed by atoms with Crippen molar-refractivity contribution in [2.75, 3.05) is 39.5 Å². The molecule has 0 spiro atoms. The van der Waals surface area contributed by atoms with Crippen molar-refractivity contribution in [3.63, 3.8) is 0 Å². The molecule has 1 aromatic carbocycles. The Bertz CT molecular complexity index is 435. The minimum absolute atomic E-state index is 0.0304. The standard InChI is InChI=1S/C14H22BrN3O/c1-4-8-18(10-9-17(2)3)14(19)11-6-5-7-12(16)13(11)15/h5-7H,4,8-10,16H2,1-3H3. The van der Waals surface area contributed by atoms with Crippen LogP contribution in [0.15, 0.2) is 22.7 Å². The summed E-state index contributed by atoms with van der Waals surface area (Å²) in [7, 11) is 4.01. The first-order chi connectivity index (χ1) is 8.97. The van der Waals surface area contributed by atoms with E-state index < -0.39 is 0 Å². The van der Waals surface area contributed by atoms with Crippen LogP contribution >= 0.6 is 15.9 Å². The van der Waals surface area contributed by atoms with E-state index in [4.69, 9.17) is 5.73 Å². The number of anilines is 1. The zero-order valence-electron chi connectivity index (χ0n) is 11.8. The number of likely N-dealkylation sites (N-methyl/N-ethyl adjacent to an activating group) is 1. The number of halogens is 1. The fraction of sp³-hybridized carbons (Fsp3) is 0.500. The summed E-state index contributed by atoms with van der Waals surface area (Å²) < 4.78 is 0.686. The van der Waals surface area contributed by atoms with Gasteiger partial charge in [0.1, 0.15) is 0 Å². The van der Waals surface area contributed by atoms with Crippen LogP contribution in [0, 0.1) is 0 Å². The van der Waals surface area contributed by atoms with Crippen molar-refractivity contribution < 1.29 is 4.79 Å². The Hall–Kier alpha value is -1.07. The minimum atomic E-state index is 0.0304. The highest BCUT2D eigenvalue weighted by molar-refractivity contribution is 9.10. The second kappa shape index (κ2) is 7.50. The van der Waals surface area contributed by atoms with Crippen molar-refractivity contribution in [1.29, 1.82) is 0 Å². The van der Waals surface area contributed by atoms with E-state index in [0.29, 0.717) is 15.7 Å². The zero-order valence-corrected chi connectivity index (χ0v) is 13.4. The molecule has 0 aliphatic carbocycles. The Morgan fingerprint density at radius 3 is 2.53 bits per heavy atom. The molecule has 106 valence electrons. The van der Waals surface area contributed by atoms with Gasteiger partial charge in [0.15, 0.2) is 0 Å². The number of nitrogen functional groups attached to an aromatic ring is 1. The molecule has 0 fully saturated rings. The van der Waals surface area contributed by atoms with Gasteiger partial charge in [0, 0.05) is 25.3 Å². The van der Waals surface area contributed by atoms with Crippen LogP contribution < -0.4 is 5.73 Å². The van der Waals surface area contributed by atoms with Gasteiger partial charge in [-0.1, -0.05) is 13.0 Å². The maximum atomic E-state index is 12.5. The van der Waals surface area contributed by atoms with Crippen molar-refractivity contribution in [1.82, 2.24) is 9.80 Å². The van der Waals surface area contributed by atoms with Gasteiger partial charge in [0.25, 0.3) is 5.91 Å². The number of carbonyl (C=O) groups excluding carboxylic acids is 1. The molecular formula is C14H22BrN3O. The van der Waals surface area contributed by atoms with Gasteiger partial charge in [-0.3, -0.25) is 4.79 Å². The highest BCUT2D eigenvalue weighted by atomic mass is 79.9. The topological polar surface area (TPSA) is 49.6 Å². The number of hydrogen-bond acceptors (Lipinski definition) is 3. The van der Waals surface area contributed by atoms with E-state index in [1.54, 1.807) is 12.1 Å². The van der Waals surface area contributed by atoms with E-state index in [1.807, 2.05) is 25.1 Å². The third kappa shape index (κ3) is 4.51. The average molecular weight is 328 g/mol. The molecule has 0 atom stereocenters. The molecule has 0 aliphatic rings. The van der Waals surface area contributed by atoms with Crippen LogP contribution in [0.2, 0.25) is 0 Å². The monoisotopic (exact) mass is 327 g/mol. The number of rotatable bonds is 6. The molecule has 0 aliphatic heterocycles. The molecule has 0 bridgehead atoms. The van der Waals surface area contributed by atoms with Crippen LogP contribution in [0.5, 0.6) is 0 Å². The number of benzene rings is 1. The van der Waals surface area contributed by atoms with Gasteiger partial charge in [-0.15, -0.1) is 0 Å². The molecule has 19 heavy (non-hydrogen) atoms. The molecule has 0 radical (unpaired) electrons. The molecule has 1 rings (SSSR count). The minimum Gasteiger partial charge on any atom is -0.398 e. The van der Waals surface area contributed by atoms with Crippen LogP contribution in [-0.2, 0) is 0 Å². The Balaban J connectivity index is 2.89. The summed E-state index contributed by atoms with van der Waals surface area (Å²) in [6.45, 7) is 4.41. The van der Waals surface area contributed by atoms with Crippen LogP contribution in [0.25, 0.3) is 0 Å². The van der Waals surface area contributed by atoms with E-state index >= 15 is 0 Å². The van der Waals surface area contributed by atoms with Crippen molar-refractivity contribution in [3.8, 4) is 0 Å². The number of amides is 1. The third-order valence-corrected chi connectivity index (χ3v) is 3.74. The maximum absolute atomic E-state index is 12.5. The molecule has 0 saturated heterocycles. The van der Waals surface area contributed by atoms with Gasteiger partial charge in [0.05, 0.1) is 10.0 Å². The summed E-state index contributed by atoms with van der Waals surface area (Å²) >= 11 is 3.40. The van der Waals surface area contributed by atoms with Gasteiger partial charge in [0.2, 0.25) is 0 Å². The SMILES string of the molecule is CCCN(CCN(C)C)C(=O)c1cccc(N)c1Br. The van der Waals surface area contributed by atoms with Crippen LogP contribution in [-0.4, -0.2) is 49.4 Å². The molecular weight excluding hydrogens is 306 g/mol. The predicted molar refractivity (Wildman–Crippen MR) is 83.3 cm³/mol. The summed E-state index contributed by atoms with van der Waals surface area (Å²) in [4.78, 5) is 16.5. The lowest BCUT2D eigenvalue weighted by Crippen LogP contribution is -2.37. The summed E-state index contributed by atoms with van der Waals surface area (Å²) in [6.07, 6.45) is 0.944. The second-order valence-corrected chi connectivity index (χ2v) is 5.60. The van der Waals surface area contributed by atoms with Crippen molar-refractivity contribution in [3.05, 3.63) is 28.2 Å². The fourth-order valence-corrected chi connectivity index (χ4v) is 2.22. The van der Waals surface area contributed by atoms with Crippen molar-refractivity contribution in [2.45, 2.75) is 13.3 Å². The first-order valence-corrected chi connectivity index (χ1v) is 7.24. The quantitative estimate of drug-likeness (QED) is 0.816. The molecule has 1 amide bonds. The smallest absolute Gasteiger partial charge is 0.255 e. The molecule has 2 N–H and O–H groups in total. The third-order valence-electron chi connectivity index (χ3n) is 2.86. The van der Waals surface area contributed by atoms with Crippen molar-refractivity contribution >= 4 is 27.5 Å². The fourth-order valence-electron chi connectivity index (χ4n) is 1.79. The van der Waals surface area contributed by atoms with Crippen molar-refractivity contribution in [2.24, 2.45) is 0 Å². The summed E-state index contributed by atoms with van der Waals surface area (Å²) in [5.41, 5.74) is 7.05. The lowest BCUT2D eigenvalue weighted by molar-refractivity contribution is 0.0744. The molecule has 5 heteroatoms. The summed E-state index contributed by atoms with van der Waals surface area (Å²) in [5, 5.41) is 0. The maximum Gasteiger partial charge on any atom is 0.255 e. The normalized spacial score (nSPS) is 10.8. The van der Waals surface area contributed by atoms with Gasteiger partial charge in [-0.2, -0.15) is 0 Å². The van der Waals surface area contributed by atoms with E-state index in [1.165, 1.54) is 0 Å². The van der Waals surface area contributed by atoms with Crippen LogP contribution in [0.1, 0.15) is 23.7 Å². The molecule has 4 nitrogen and oxygen atoms in total. The molecule has 0 saturated carbocycles. The van der Waals surface area contributed by atoms with Gasteiger partial charge in [-0.25, -0.2) is 0 Å². The Kier molecular flexibility index (Phi) is 6.31. The molecule has 1 aromatic rings. The Morgan fingerprint density at radius 2 is 1.95 bits per heavy atom. The highest BCUT2D eigenvalue weighted by Gasteiger charge is 2.18. The molecule has 0 aromatic heterocycles. The average Bonchev–Trinajstić information content (AvgIpc) is 2.37. The van der Waals surface area contributed by atoms with Gasteiger partial charge in [-0.05, 0) is 48.6 Å².